The van der Waals surface area contributed by atoms with Crippen molar-refractivity contribution in [3.05, 3.63) is 24.5 Å². The van der Waals surface area contributed by atoms with Gasteiger partial charge in [0.15, 0.2) is 0 Å². The molecule has 1 amide bonds. The van der Waals surface area contributed by atoms with Gasteiger partial charge < -0.3 is 11.1 Å². The van der Waals surface area contributed by atoms with E-state index in [-0.39, 0.29) is 11.8 Å². The Balaban J connectivity index is 2.56. The van der Waals surface area contributed by atoms with Crippen molar-refractivity contribution >= 4 is 11.6 Å². The summed E-state index contributed by atoms with van der Waals surface area (Å²) in [5.41, 5.74) is 6.32. The number of nitrogens with zero attached hydrogens (tertiary/aromatic N) is 1. The molecule has 0 aliphatic carbocycles. The Hall–Kier alpha value is -1.42. The second-order valence-electron chi connectivity index (χ2n) is 4.29. The van der Waals surface area contributed by atoms with Crippen LogP contribution in [-0.2, 0) is 4.79 Å². The van der Waals surface area contributed by atoms with Gasteiger partial charge in [-0.1, -0.05) is 13.8 Å². The molecule has 0 saturated heterocycles. The van der Waals surface area contributed by atoms with Gasteiger partial charge in [0.25, 0.3) is 0 Å². The molecule has 16 heavy (non-hydrogen) atoms. The molecule has 1 atom stereocenters. The summed E-state index contributed by atoms with van der Waals surface area (Å²) in [6.07, 6.45) is 4.10. The van der Waals surface area contributed by atoms with E-state index in [1.165, 1.54) is 0 Å². The number of anilines is 1. The SMILES string of the molecule is CC(C)CC(CN)C(=O)Nc1cccnc1. The molecule has 0 saturated carbocycles. The average Bonchev–Trinajstić information content (AvgIpc) is 2.26. The molecule has 88 valence electrons. The first-order chi connectivity index (χ1) is 7.63. The van der Waals surface area contributed by atoms with Gasteiger partial charge in [-0.2, -0.15) is 0 Å². The van der Waals surface area contributed by atoms with Gasteiger partial charge >= 0.3 is 0 Å². The van der Waals surface area contributed by atoms with E-state index in [2.05, 4.69) is 24.1 Å². The van der Waals surface area contributed by atoms with Crippen LogP contribution in [0.1, 0.15) is 20.3 Å². The van der Waals surface area contributed by atoms with Crippen molar-refractivity contribution in [2.24, 2.45) is 17.6 Å². The fraction of sp³-hybridized carbons (Fsp3) is 0.500. The van der Waals surface area contributed by atoms with Gasteiger partial charge in [0.2, 0.25) is 5.91 Å². The Morgan fingerprint density at radius 3 is 2.81 bits per heavy atom. The average molecular weight is 221 g/mol. The van der Waals surface area contributed by atoms with Gasteiger partial charge in [-0.3, -0.25) is 9.78 Å². The summed E-state index contributed by atoms with van der Waals surface area (Å²) in [5, 5.41) is 2.82. The predicted octanol–water partition coefficient (Wildman–Crippen LogP) is 1.64. The van der Waals surface area contributed by atoms with Crippen LogP contribution >= 0.6 is 0 Å². The second kappa shape index (κ2) is 6.23. The zero-order valence-electron chi connectivity index (χ0n) is 9.81. The van der Waals surface area contributed by atoms with E-state index in [4.69, 9.17) is 5.73 Å². The van der Waals surface area contributed by atoms with Crippen LogP contribution in [0.3, 0.4) is 0 Å². The van der Waals surface area contributed by atoms with Crippen LogP contribution < -0.4 is 11.1 Å². The quantitative estimate of drug-likeness (QED) is 0.794. The number of hydrogen-bond donors (Lipinski definition) is 2. The molecule has 1 aromatic heterocycles. The minimum Gasteiger partial charge on any atom is -0.330 e. The third kappa shape index (κ3) is 3.98. The van der Waals surface area contributed by atoms with Crippen molar-refractivity contribution in [2.45, 2.75) is 20.3 Å². The van der Waals surface area contributed by atoms with Crippen LogP contribution in [0, 0.1) is 11.8 Å². The van der Waals surface area contributed by atoms with E-state index in [1.54, 1.807) is 18.5 Å². The Morgan fingerprint density at radius 1 is 1.56 bits per heavy atom. The maximum Gasteiger partial charge on any atom is 0.228 e. The summed E-state index contributed by atoms with van der Waals surface area (Å²) >= 11 is 0. The lowest BCUT2D eigenvalue weighted by molar-refractivity contribution is -0.120. The van der Waals surface area contributed by atoms with Crippen LogP contribution in [0.15, 0.2) is 24.5 Å². The molecule has 0 aliphatic heterocycles. The zero-order chi connectivity index (χ0) is 12.0. The number of amides is 1. The van der Waals surface area contributed by atoms with E-state index in [0.717, 1.165) is 12.1 Å². The normalized spacial score (nSPS) is 12.5. The Morgan fingerprint density at radius 2 is 2.31 bits per heavy atom. The maximum atomic E-state index is 11.9. The number of rotatable bonds is 5. The Bertz CT molecular complexity index is 324. The highest BCUT2D eigenvalue weighted by atomic mass is 16.1. The van der Waals surface area contributed by atoms with Crippen LogP contribution in [0.25, 0.3) is 0 Å². The van der Waals surface area contributed by atoms with Crippen LogP contribution in [0.4, 0.5) is 5.69 Å². The molecular weight excluding hydrogens is 202 g/mol. The number of carbonyl (C=O) groups excluding carboxylic acids is 1. The minimum atomic E-state index is -0.125. The fourth-order valence-electron chi connectivity index (χ4n) is 1.56. The van der Waals surface area contributed by atoms with E-state index >= 15 is 0 Å². The molecule has 0 spiro atoms. The summed E-state index contributed by atoms with van der Waals surface area (Å²) < 4.78 is 0. The molecule has 0 aliphatic rings. The number of aromatic nitrogens is 1. The van der Waals surface area contributed by atoms with Gasteiger partial charge in [0.05, 0.1) is 17.8 Å². The molecule has 4 nitrogen and oxygen atoms in total. The smallest absolute Gasteiger partial charge is 0.228 e. The van der Waals surface area contributed by atoms with Crippen LogP contribution in [0.5, 0.6) is 0 Å². The highest BCUT2D eigenvalue weighted by Gasteiger charge is 2.18. The van der Waals surface area contributed by atoms with Crippen molar-refractivity contribution in [3.63, 3.8) is 0 Å². The van der Waals surface area contributed by atoms with E-state index in [1.807, 2.05) is 6.07 Å². The zero-order valence-corrected chi connectivity index (χ0v) is 9.81. The first kappa shape index (κ1) is 12.6. The van der Waals surface area contributed by atoms with E-state index in [9.17, 15) is 4.79 Å². The van der Waals surface area contributed by atoms with Gasteiger partial charge in [-0.05, 0) is 24.5 Å². The van der Waals surface area contributed by atoms with Crippen molar-refractivity contribution < 1.29 is 4.79 Å². The first-order valence-electron chi connectivity index (χ1n) is 5.54. The third-order valence-corrected chi connectivity index (χ3v) is 2.34. The van der Waals surface area contributed by atoms with E-state index in [0.29, 0.717) is 12.5 Å². The Labute approximate surface area is 96.3 Å². The van der Waals surface area contributed by atoms with Crippen molar-refractivity contribution in [1.29, 1.82) is 0 Å². The largest absolute Gasteiger partial charge is 0.330 e. The fourth-order valence-corrected chi connectivity index (χ4v) is 1.56. The van der Waals surface area contributed by atoms with Crippen molar-refractivity contribution in [3.8, 4) is 0 Å². The minimum absolute atomic E-state index is 0.0239. The maximum absolute atomic E-state index is 11.9. The highest BCUT2D eigenvalue weighted by molar-refractivity contribution is 5.92. The van der Waals surface area contributed by atoms with Gasteiger partial charge in [-0.25, -0.2) is 0 Å². The number of hydrogen-bond acceptors (Lipinski definition) is 3. The third-order valence-electron chi connectivity index (χ3n) is 2.34. The van der Waals surface area contributed by atoms with Crippen LogP contribution in [0.2, 0.25) is 0 Å². The number of pyridine rings is 1. The molecule has 1 unspecified atom stereocenters. The number of carbonyl (C=O) groups is 1. The second-order valence-corrected chi connectivity index (χ2v) is 4.29. The highest BCUT2D eigenvalue weighted by Crippen LogP contribution is 2.13. The standard InChI is InChI=1S/C12H19N3O/c1-9(2)6-10(7-13)12(16)15-11-4-3-5-14-8-11/h3-5,8-10H,6-7,13H2,1-2H3,(H,15,16). The van der Waals surface area contributed by atoms with Gasteiger partial charge in [0, 0.05) is 12.7 Å². The molecule has 1 heterocycles. The monoisotopic (exact) mass is 221 g/mol. The first-order valence-corrected chi connectivity index (χ1v) is 5.54. The molecular formula is C12H19N3O. The molecule has 1 rings (SSSR count). The molecule has 0 bridgehead atoms. The number of nitrogens with two attached hydrogens (primary N) is 1. The molecule has 4 heteroatoms. The Kier molecular flexibility index (Phi) is 4.92. The van der Waals surface area contributed by atoms with Crippen LogP contribution in [-0.4, -0.2) is 17.4 Å². The summed E-state index contributed by atoms with van der Waals surface area (Å²) in [6, 6.07) is 3.60. The lowest BCUT2D eigenvalue weighted by Crippen LogP contribution is -2.30. The van der Waals surface area contributed by atoms with Gasteiger partial charge in [-0.15, -0.1) is 0 Å². The topological polar surface area (TPSA) is 68.0 Å². The van der Waals surface area contributed by atoms with Crippen molar-refractivity contribution in [1.82, 2.24) is 4.98 Å². The molecule has 0 radical (unpaired) electrons. The molecule has 1 aromatic rings. The molecule has 3 N–H and O–H groups in total. The van der Waals surface area contributed by atoms with Crippen molar-refractivity contribution in [2.75, 3.05) is 11.9 Å². The van der Waals surface area contributed by atoms with E-state index < -0.39 is 0 Å². The lowest BCUT2D eigenvalue weighted by atomic mass is 9.96. The summed E-state index contributed by atoms with van der Waals surface area (Å²) in [6.45, 7) is 4.55. The summed E-state index contributed by atoms with van der Waals surface area (Å²) in [5.74, 6) is 0.317. The molecule has 0 aromatic carbocycles. The summed E-state index contributed by atoms with van der Waals surface area (Å²) in [7, 11) is 0. The van der Waals surface area contributed by atoms with Gasteiger partial charge in [0.1, 0.15) is 0 Å². The molecule has 0 fully saturated rings. The number of nitrogens with one attached hydrogen (secondary N) is 1. The predicted molar refractivity (Wildman–Crippen MR) is 64.9 cm³/mol. The summed E-state index contributed by atoms with van der Waals surface area (Å²) in [4.78, 5) is 15.8. The lowest BCUT2D eigenvalue weighted by Gasteiger charge is -2.16.